The lowest BCUT2D eigenvalue weighted by Gasteiger charge is -1.91. The van der Waals surface area contributed by atoms with Gasteiger partial charge < -0.3 is 10.2 Å². The lowest BCUT2D eigenvalue weighted by Crippen LogP contribution is -1.94. The lowest BCUT2D eigenvalue weighted by atomic mass is 10.2. The van der Waals surface area contributed by atoms with Gasteiger partial charge in [0.15, 0.2) is 0 Å². The average molecular weight is 279 g/mol. The van der Waals surface area contributed by atoms with Gasteiger partial charge in [0.05, 0.1) is 11.1 Å². The molecule has 0 radical (unpaired) electrons. The Bertz CT molecular complexity index is 549. The minimum Gasteiger partial charge on any atom is -0.478 e. The van der Waals surface area contributed by atoms with Crippen LogP contribution in [-0.4, -0.2) is 22.2 Å². The van der Waals surface area contributed by atoms with Gasteiger partial charge in [0.1, 0.15) is 0 Å². The molecule has 5 heteroatoms. The zero-order valence-electron chi connectivity index (χ0n) is 9.79. The fraction of sp³-hybridized carbons (Fsp3) is 0. The maximum atomic E-state index is 10.3. The SMILES string of the molecule is O=C(O)c1ccc(Cl)cc1.O=C(O)c1ccccc1. The van der Waals surface area contributed by atoms with Crippen LogP contribution in [0.3, 0.4) is 0 Å². The van der Waals surface area contributed by atoms with Crippen molar-refractivity contribution in [3.8, 4) is 0 Å². The highest BCUT2D eigenvalue weighted by molar-refractivity contribution is 6.30. The summed E-state index contributed by atoms with van der Waals surface area (Å²) < 4.78 is 0. The molecule has 0 aliphatic rings. The summed E-state index contributed by atoms with van der Waals surface area (Å²) in [6.45, 7) is 0. The first-order valence-electron chi connectivity index (χ1n) is 5.28. The first kappa shape index (κ1) is 14.7. The third-order valence-corrected chi connectivity index (χ3v) is 2.36. The second-order valence-corrected chi connectivity index (χ2v) is 3.92. The van der Waals surface area contributed by atoms with Crippen molar-refractivity contribution in [1.29, 1.82) is 0 Å². The van der Waals surface area contributed by atoms with Gasteiger partial charge in [0.2, 0.25) is 0 Å². The molecular weight excluding hydrogens is 268 g/mol. The maximum absolute atomic E-state index is 10.3. The van der Waals surface area contributed by atoms with E-state index in [1.165, 1.54) is 12.1 Å². The van der Waals surface area contributed by atoms with Crippen LogP contribution in [0, 0.1) is 0 Å². The number of carboxylic acid groups (broad SMARTS) is 2. The summed E-state index contributed by atoms with van der Waals surface area (Å²) in [5.41, 5.74) is 0.585. The number of hydrogen-bond donors (Lipinski definition) is 2. The van der Waals surface area contributed by atoms with E-state index in [0.29, 0.717) is 10.6 Å². The lowest BCUT2D eigenvalue weighted by molar-refractivity contribution is 0.0686. The van der Waals surface area contributed by atoms with Crippen molar-refractivity contribution >= 4 is 23.5 Å². The molecule has 0 aromatic heterocycles. The minimum absolute atomic E-state index is 0.254. The number of halogens is 1. The number of hydrogen-bond acceptors (Lipinski definition) is 2. The highest BCUT2D eigenvalue weighted by Crippen LogP contribution is 2.08. The summed E-state index contributed by atoms with van der Waals surface area (Å²) in [5, 5.41) is 17.4. The first-order valence-corrected chi connectivity index (χ1v) is 5.65. The molecule has 0 fully saturated rings. The second kappa shape index (κ2) is 7.18. The Labute approximate surface area is 114 Å². The molecule has 4 nitrogen and oxygen atoms in total. The number of carbonyl (C=O) groups is 2. The van der Waals surface area contributed by atoms with Crippen LogP contribution in [0.2, 0.25) is 5.02 Å². The molecule has 0 saturated heterocycles. The molecule has 2 aromatic rings. The Balaban J connectivity index is 0.000000191. The van der Waals surface area contributed by atoms with E-state index in [0.717, 1.165) is 0 Å². The van der Waals surface area contributed by atoms with Gasteiger partial charge >= 0.3 is 11.9 Å². The predicted molar refractivity (Wildman–Crippen MR) is 71.8 cm³/mol. The molecule has 0 amide bonds. The monoisotopic (exact) mass is 278 g/mol. The summed E-state index contributed by atoms with van der Waals surface area (Å²) in [5.74, 6) is -1.81. The molecule has 0 aliphatic carbocycles. The predicted octanol–water partition coefficient (Wildman–Crippen LogP) is 3.42. The molecule has 0 unspecified atom stereocenters. The third kappa shape index (κ3) is 5.23. The van der Waals surface area contributed by atoms with Crippen molar-refractivity contribution in [2.75, 3.05) is 0 Å². The molecule has 0 bridgehead atoms. The molecule has 0 atom stereocenters. The summed E-state index contributed by atoms with van der Waals surface area (Å²) in [7, 11) is 0. The van der Waals surface area contributed by atoms with E-state index in [4.69, 9.17) is 21.8 Å². The Kier molecular flexibility index (Phi) is 5.57. The van der Waals surface area contributed by atoms with Gasteiger partial charge in [-0.3, -0.25) is 0 Å². The van der Waals surface area contributed by atoms with Crippen molar-refractivity contribution in [3.63, 3.8) is 0 Å². The average Bonchev–Trinajstić information content (AvgIpc) is 2.41. The van der Waals surface area contributed by atoms with E-state index >= 15 is 0 Å². The molecule has 0 heterocycles. The summed E-state index contributed by atoms with van der Waals surface area (Å²) in [6, 6.07) is 14.3. The molecule has 2 N–H and O–H groups in total. The molecular formula is C14H11ClO4. The van der Waals surface area contributed by atoms with Gasteiger partial charge in [-0.25, -0.2) is 9.59 Å². The van der Waals surface area contributed by atoms with E-state index in [1.54, 1.807) is 42.5 Å². The molecule has 19 heavy (non-hydrogen) atoms. The van der Waals surface area contributed by atoms with Crippen LogP contribution < -0.4 is 0 Å². The highest BCUT2D eigenvalue weighted by Gasteiger charge is 1.99. The van der Waals surface area contributed by atoms with Gasteiger partial charge in [-0.05, 0) is 36.4 Å². The number of benzene rings is 2. The topological polar surface area (TPSA) is 74.6 Å². The van der Waals surface area contributed by atoms with Gasteiger partial charge in [0.25, 0.3) is 0 Å². The smallest absolute Gasteiger partial charge is 0.335 e. The fourth-order valence-corrected chi connectivity index (χ4v) is 1.30. The van der Waals surface area contributed by atoms with Crippen LogP contribution in [0.15, 0.2) is 54.6 Å². The molecule has 2 rings (SSSR count). The Morgan fingerprint density at radius 2 is 1.16 bits per heavy atom. The van der Waals surface area contributed by atoms with Crippen LogP contribution in [0.25, 0.3) is 0 Å². The van der Waals surface area contributed by atoms with Gasteiger partial charge in [-0.1, -0.05) is 29.8 Å². The van der Waals surface area contributed by atoms with Crippen LogP contribution in [0.1, 0.15) is 20.7 Å². The Morgan fingerprint density at radius 1 is 0.737 bits per heavy atom. The van der Waals surface area contributed by atoms with Crippen molar-refractivity contribution in [2.45, 2.75) is 0 Å². The maximum Gasteiger partial charge on any atom is 0.335 e. The van der Waals surface area contributed by atoms with Gasteiger partial charge in [0, 0.05) is 5.02 Å². The standard InChI is InChI=1S/C7H5ClO2.C7H6O2/c8-6-3-1-5(2-4-6)7(9)10;8-7(9)6-4-2-1-3-5-6/h1-4H,(H,9,10);1-5H,(H,8,9). The summed E-state index contributed by atoms with van der Waals surface area (Å²) in [6.07, 6.45) is 0. The van der Waals surface area contributed by atoms with Crippen LogP contribution in [0.4, 0.5) is 0 Å². The molecule has 0 aliphatic heterocycles. The zero-order valence-corrected chi connectivity index (χ0v) is 10.5. The highest BCUT2D eigenvalue weighted by atomic mass is 35.5. The quantitative estimate of drug-likeness (QED) is 0.882. The van der Waals surface area contributed by atoms with E-state index in [1.807, 2.05) is 0 Å². The molecule has 2 aromatic carbocycles. The minimum atomic E-state index is -0.934. The van der Waals surface area contributed by atoms with E-state index in [-0.39, 0.29) is 5.56 Å². The number of carboxylic acids is 2. The Morgan fingerprint density at radius 3 is 1.53 bits per heavy atom. The zero-order chi connectivity index (χ0) is 14.3. The molecule has 0 saturated carbocycles. The van der Waals surface area contributed by atoms with Crippen molar-refractivity contribution in [1.82, 2.24) is 0 Å². The molecule has 98 valence electrons. The van der Waals surface area contributed by atoms with Crippen molar-refractivity contribution in [2.24, 2.45) is 0 Å². The van der Waals surface area contributed by atoms with E-state index in [9.17, 15) is 9.59 Å². The normalized spacial score (nSPS) is 9.11. The largest absolute Gasteiger partial charge is 0.478 e. The summed E-state index contributed by atoms with van der Waals surface area (Å²) >= 11 is 5.52. The number of aromatic carboxylic acids is 2. The van der Waals surface area contributed by atoms with E-state index in [2.05, 4.69) is 0 Å². The van der Waals surface area contributed by atoms with Crippen LogP contribution in [-0.2, 0) is 0 Å². The summed E-state index contributed by atoms with van der Waals surface area (Å²) in [4.78, 5) is 20.5. The van der Waals surface area contributed by atoms with Gasteiger partial charge in [-0.2, -0.15) is 0 Å². The van der Waals surface area contributed by atoms with Crippen molar-refractivity contribution < 1.29 is 19.8 Å². The second-order valence-electron chi connectivity index (χ2n) is 3.48. The van der Waals surface area contributed by atoms with Crippen LogP contribution in [0.5, 0.6) is 0 Å². The van der Waals surface area contributed by atoms with Crippen molar-refractivity contribution in [3.05, 3.63) is 70.7 Å². The Hall–Kier alpha value is -2.33. The first-order chi connectivity index (χ1) is 9.00. The molecule has 0 spiro atoms. The number of rotatable bonds is 2. The van der Waals surface area contributed by atoms with Crippen LogP contribution >= 0.6 is 11.6 Å². The fourth-order valence-electron chi connectivity index (χ4n) is 1.17. The third-order valence-electron chi connectivity index (χ3n) is 2.11. The van der Waals surface area contributed by atoms with E-state index < -0.39 is 11.9 Å². The van der Waals surface area contributed by atoms with Gasteiger partial charge in [-0.15, -0.1) is 0 Å².